The number of cyclic esters (lactones) is 1. The summed E-state index contributed by atoms with van der Waals surface area (Å²) in [5.74, 6) is -4.78. The number of carbonyl (C=O) groups excluding carboxylic acids is 3. The first kappa shape index (κ1) is 60.7. The van der Waals surface area contributed by atoms with Crippen LogP contribution in [-0.2, 0) is 53.9 Å². The molecule has 72 heavy (non-hydrogen) atoms. The van der Waals surface area contributed by atoms with E-state index in [0.717, 1.165) is 0 Å². The van der Waals surface area contributed by atoms with Gasteiger partial charge in [-0.15, -0.1) is 0 Å². The highest BCUT2D eigenvalue weighted by Gasteiger charge is 2.53. The predicted octanol–water partition coefficient (Wildman–Crippen LogP) is 6.23. The Hall–Kier alpha value is -3.89. The molecule has 0 bridgehead atoms. The molecular formula is C52H74Cl2O18. The van der Waals surface area contributed by atoms with Crippen molar-refractivity contribution in [2.75, 3.05) is 13.7 Å². The highest BCUT2D eigenvalue weighted by Crippen LogP contribution is 2.45. The lowest BCUT2D eigenvalue weighted by Crippen LogP contribution is -2.64. The molecule has 3 aliphatic heterocycles. The fourth-order valence-electron chi connectivity index (χ4n) is 8.60. The van der Waals surface area contributed by atoms with Crippen molar-refractivity contribution in [3.8, 4) is 11.5 Å². The molecule has 2 saturated heterocycles. The molecule has 7 N–H and O–H groups in total. The van der Waals surface area contributed by atoms with E-state index in [4.69, 9.17) is 61.1 Å². The summed E-state index contributed by atoms with van der Waals surface area (Å²) in [6, 6.07) is 0. The van der Waals surface area contributed by atoms with Crippen molar-refractivity contribution in [2.24, 2.45) is 11.8 Å². The summed E-state index contributed by atoms with van der Waals surface area (Å²) in [7, 11) is 1.26. The van der Waals surface area contributed by atoms with Gasteiger partial charge in [0, 0.05) is 19.4 Å². The van der Waals surface area contributed by atoms with E-state index in [9.17, 15) is 50.1 Å². The van der Waals surface area contributed by atoms with Crippen molar-refractivity contribution in [1.29, 1.82) is 0 Å². The van der Waals surface area contributed by atoms with Gasteiger partial charge >= 0.3 is 17.9 Å². The molecule has 404 valence electrons. The second-order valence-corrected chi connectivity index (χ2v) is 20.1. The van der Waals surface area contributed by atoms with Crippen LogP contribution in [0.3, 0.4) is 0 Å². The lowest BCUT2D eigenvalue weighted by Gasteiger charge is -2.47. The fourth-order valence-corrected chi connectivity index (χ4v) is 9.16. The van der Waals surface area contributed by atoms with E-state index in [1.165, 1.54) is 33.1 Å². The van der Waals surface area contributed by atoms with Crippen LogP contribution < -0.4 is 0 Å². The van der Waals surface area contributed by atoms with Crippen molar-refractivity contribution in [3.63, 3.8) is 0 Å². The number of aliphatic hydroxyl groups is 5. The number of benzene rings is 1. The highest BCUT2D eigenvalue weighted by molar-refractivity contribution is 6.39. The van der Waals surface area contributed by atoms with Crippen LogP contribution in [0.4, 0.5) is 0 Å². The molecule has 0 amide bonds. The highest BCUT2D eigenvalue weighted by atomic mass is 35.5. The van der Waals surface area contributed by atoms with Crippen LogP contribution in [0.2, 0.25) is 10.0 Å². The van der Waals surface area contributed by atoms with Crippen LogP contribution >= 0.6 is 23.2 Å². The third kappa shape index (κ3) is 14.7. The number of hydrogen-bond donors (Lipinski definition) is 7. The third-order valence-electron chi connectivity index (χ3n) is 13.0. The summed E-state index contributed by atoms with van der Waals surface area (Å²) in [5.41, 5.74) is 0.318. The number of esters is 3. The average molecular weight is 1060 g/mol. The summed E-state index contributed by atoms with van der Waals surface area (Å²) in [6.07, 6.45) is -5.45. The maximum atomic E-state index is 13.9. The van der Waals surface area contributed by atoms with Crippen LogP contribution in [0.15, 0.2) is 58.7 Å². The molecule has 2 fully saturated rings. The van der Waals surface area contributed by atoms with Gasteiger partial charge in [0.25, 0.3) is 0 Å². The predicted molar refractivity (Wildman–Crippen MR) is 265 cm³/mol. The summed E-state index contributed by atoms with van der Waals surface area (Å²) < 4.78 is 47.5. The van der Waals surface area contributed by atoms with Gasteiger partial charge in [0.2, 0.25) is 0 Å². The summed E-state index contributed by atoms with van der Waals surface area (Å²) in [6.45, 7) is 18.1. The molecule has 0 saturated carbocycles. The van der Waals surface area contributed by atoms with Crippen molar-refractivity contribution in [2.45, 2.75) is 187 Å². The number of phenolic OH excluding ortho intramolecular Hbond substituents is 2. The van der Waals surface area contributed by atoms with Crippen LogP contribution in [0.1, 0.15) is 111 Å². The molecule has 0 aromatic heterocycles. The lowest BCUT2D eigenvalue weighted by molar-refractivity contribution is -0.333. The number of phenols is 2. The number of hydrogen-bond acceptors (Lipinski definition) is 18. The Labute approximate surface area is 431 Å². The van der Waals surface area contributed by atoms with Gasteiger partial charge in [-0.05, 0) is 90.5 Å². The van der Waals surface area contributed by atoms with Crippen molar-refractivity contribution in [3.05, 3.63) is 79.9 Å². The van der Waals surface area contributed by atoms with E-state index in [-0.39, 0.29) is 35.4 Å². The monoisotopic (exact) mass is 1060 g/mol. The van der Waals surface area contributed by atoms with Crippen LogP contribution in [0.5, 0.6) is 11.5 Å². The van der Waals surface area contributed by atoms with Crippen molar-refractivity contribution < 1.29 is 88.0 Å². The molecule has 18 nitrogen and oxygen atoms in total. The van der Waals surface area contributed by atoms with E-state index in [1.807, 2.05) is 32.9 Å². The molecule has 4 rings (SSSR count). The van der Waals surface area contributed by atoms with Gasteiger partial charge in [0.15, 0.2) is 36.3 Å². The summed E-state index contributed by atoms with van der Waals surface area (Å²) in [4.78, 5) is 40.0. The fraction of sp³-hybridized carbons (Fsp3) is 0.635. The van der Waals surface area contributed by atoms with Gasteiger partial charge in [0.05, 0.1) is 47.5 Å². The molecule has 0 unspecified atom stereocenters. The molecule has 14 atom stereocenters. The average Bonchev–Trinajstić information content (AvgIpc) is 3.32. The Morgan fingerprint density at radius 3 is 2.17 bits per heavy atom. The van der Waals surface area contributed by atoms with E-state index in [1.54, 1.807) is 53.7 Å². The number of ether oxygens (including phenoxy) is 8. The Bertz CT molecular complexity index is 2220. The number of carbonyl (C=O) groups is 3. The maximum absolute atomic E-state index is 13.9. The van der Waals surface area contributed by atoms with Gasteiger partial charge in [-0.1, -0.05) is 86.9 Å². The molecule has 1 aromatic carbocycles. The van der Waals surface area contributed by atoms with Crippen molar-refractivity contribution in [1.82, 2.24) is 0 Å². The minimum atomic E-state index is -1.61. The number of rotatable bonds is 13. The zero-order chi connectivity index (χ0) is 54.1. The first-order chi connectivity index (χ1) is 33.7. The number of methoxy groups -OCH3 is 1. The van der Waals surface area contributed by atoms with Gasteiger partial charge < -0.3 is 73.6 Å². The Morgan fingerprint density at radius 2 is 1.57 bits per heavy atom. The largest absolute Gasteiger partial charge is 0.505 e. The second-order valence-electron chi connectivity index (χ2n) is 19.4. The first-order valence-corrected chi connectivity index (χ1v) is 24.9. The van der Waals surface area contributed by atoms with Crippen molar-refractivity contribution >= 4 is 41.1 Å². The van der Waals surface area contributed by atoms with Gasteiger partial charge in [0.1, 0.15) is 46.7 Å². The van der Waals surface area contributed by atoms with Crippen LogP contribution in [0, 0.1) is 11.8 Å². The minimum absolute atomic E-state index is 0.0372. The van der Waals surface area contributed by atoms with E-state index < -0.39 is 144 Å². The zero-order valence-corrected chi connectivity index (χ0v) is 44.5. The SMILES string of the molecule is CCc1c(Cl)c(O)c(Cl)c(O)c1C(=O)O[C@H]1[C@H](O)[C@H](OC)[C@H](OC/C2=C\C=C\C[C@H](O)/C(C)=C\[C@H](CC)[C@H](O[C@@H]3OC(C)(C)[C@@H](OC(=O)C(C)C)[C@H](O)[C@H]3O)C(C)=C/C(C)=C/C[C@H]([C@@H](C)O)OC2=O)O[C@@H]1C. The normalized spacial score (nSPS) is 34.1. The minimum Gasteiger partial charge on any atom is -0.505 e. The number of aliphatic hydroxyl groups excluding tert-OH is 5. The number of aromatic hydroxyl groups is 2. The molecule has 20 heteroatoms. The molecule has 3 heterocycles. The van der Waals surface area contributed by atoms with Gasteiger partial charge in [-0.2, -0.15) is 0 Å². The molecule has 0 aliphatic carbocycles. The topological polar surface area (TPSA) is 267 Å². The molecular weight excluding hydrogens is 983 g/mol. The first-order valence-electron chi connectivity index (χ1n) is 24.2. The van der Waals surface area contributed by atoms with Crippen LogP contribution in [-0.4, -0.2) is 153 Å². The Kier molecular flexibility index (Phi) is 22.4. The van der Waals surface area contributed by atoms with E-state index in [0.29, 0.717) is 23.1 Å². The lowest BCUT2D eigenvalue weighted by atomic mass is 9.88. The maximum Gasteiger partial charge on any atom is 0.342 e. The molecule has 3 aliphatic rings. The zero-order valence-electron chi connectivity index (χ0n) is 43.0. The quantitative estimate of drug-likeness (QED) is 0.0655. The van der Waals surface area contributed by atoms with Crippen LogP contribution in [0.25, 0.3) is 0 Å². The second kappa shape index (κ2) is 26.5. The molecule has 1 aromatic rings. The Balaban J connectivity index is 1.61. The molecule has 0 radical (unpaired) electrons. The number of allylic oxidation sites excluding steroid dienone is 4. The number of halogens is 2. The smallest absolute Gasteiger partial charge is 0.342 e. The third-order valence-corrected chi connectivity index (χ3v) is 13.8. The van der Waals surface area contributed by atoms with Gasteiger partial charge in [-0.25, -0.2) is 9.59 Å². The summed E-state index contributed by atoms with van der Waals surface area (Å²) in [5, 5.41) is 76.5. The standard InChI is InChI=1S/C52H74Cl2O18/c1-13-30-22-26(6)33(56)18-16-15-17-31(23-66-51-45(65-12)42(61)44(29(9)67-51)69-49(64)35-32(14-2)36(53)39(58)37(54)38(35)57)48(63)68-34(28(8)55)20-19-25(5)21-27(7)43(30)70-50-41(60)40(59)46(52(10,11)72-50)71-47(62)24(3)4/h15-17,19,21-22,24,28-30,33-34,40-46,50-51,55-61H,13-14,18,20,23H2,1-12H3/b16-15+,25-19+,26-22-,27-21?,31-17+/t28-,29-,30+,33+,34-,40-,41-,42+,43-,44-,45+,46+,50-,51-/m1/s1. The van der Waals surface area contributed by atoms with E-state index in [2.05, 4.69) is 0 Å². The molecule has 0 spiro atoms. The van der Waals surface area contributed by atoms with E-state index >= 15 is 0 Å². The Morgan fingerprint density at radius 1 is 0.903 bits per heavy atom. The van der Waals surface area contributed by atoms with Gasteiger partial charge in [-0.3, -0.25) is 4.79 Å². The summed E-state index contributed by atoms with van der Waals surface area (Å²) >= 11 is 12.3.